The number of fused-ring (bicyclic) bond motifs is 1. The Balaban J connectivity index is 1.23. The average molecular weight is 523 g/mol. The molecule has 1 heterocycles. The lowest BCUT2D eigenvalue weighted by Crippen LogP contribution is -2.45. The number of hydrogen-bond acceptors (Lipinski definition) is 5. The summed E-state index contributed by atoms with van der Waals surface area (Å²) in [6.45, 7) is 3.44. The zero-order valence-corrected chi connectivity index (χ0v) is 22.0. The van der Waals surface area contributed by atoms with Crippen LogP contribution in [0.25, 0.3) is 10.9 Å². The summed E-state index contributed by atoms with van der Waals surface area (Å²) in [5.41, 5.74) is 2.23. The number of benzene rings is 2. The monoisotopic (exact) mass is 522 g/mol. The van der Waals surface area contributed by atoms with Crippen molar-refractivity contribution in [3.8, 4) is 5.75 Å². The molecular weight excluding hydrogens is 483 g/mol. The van der Waals surface area contributed by atoms with Gasteiger partial charge in [-0.2, -0.15) is 0 Å². The summed E-state index contributed by atoms with van der Waals surface area (Å²) >= 11 is 0. The molecule has 0 spiro atoms. The van der Waals surface area contributed by atoms with E-state index in [-0.39, 0.29) is 23.0 Å². The molecule has 1 saturated carbocycles. The summed E-state index contributed by atoms with van der Waals surface area (Å²) in [7, 11) is 0. The van der Waals surface area contributed by atoms with E-state index in [2.05, 4.69) is 20.5 Å². The fraction of sp³-hybridized carbons (Fsp3) is 0.467. The van der Waals surface area contributed by atoms with Crippen LogP contribution in [0.2, 0.25) is 0 Å². The van der Waals surface area contributed by atoms with Gasteiger partial charge in [0.1, 0.15) is 11.6 Å². The van der Waals surface area contributed by atoms with Crippen LogP contribution in [0.5, 0.6) is 5.75 Å². The predicted octanol–water partition coefficient (Wildman–Crippen LogP) is 3.89. The molecule has 0 saturated heterocycles. The highest BCUT2D eigenvalue weighted by atomic mass is 19.1. The van der Waals surface area contributed by atoms with Gasteiger partial charge in [0.15, 0.2) is 0 Å². The van der Waals surface area contributed by atoms with E-state index in [9.17, 15) is 19.1 Å². The van der Waals surface area contributed by atoms with Crippen LogP contribution < -0.4 is 16.2 Å². The van der Waals surface area contributed by atoms with Gasteiger partial charge in [0.05, 0.1) is 5.52 Å². The molecule has 0 atom stereocenters. The van der Waals surface area contributed by atoms with Crippen LogP contribution in [-0.2, 0) is 17.6 Å². The summed E-state index contributed by atoms with van der Waals surface area (Å²) in [4.78, 5) is 29.6. The van der Waals surface area contributed by atoms with Gasteiger partial charge in [-0.05, 0) is 74.2 Å². The Morgan fingerprint density at radius 1 is 0.974 bits per heavy atom. The molecule has 1 aliphatic rings. The number of amides is 1. The molecule has 1 fully saturated rings. The van der Waals surface area contributed by atoms with Gasteiger partial charge in [0.25, 0.3) is 0 Å². The van der Waals surface area contributed by atoms with Crippen molar-refractivity contribution in [1.82, 2.24) is 20.5 Å². The first-order valence-electron chi connectivity index (χ1n) is 13.8. The number of halogens is 1. The van der Waals surface area contributed by atoms with Crippen molar-refractivity contribution in [2.24, 2.45) is 0 Å². The number of phenolic OH excluding ortho intramolecular Hbond substituents is 1. The molecular formula is C30H39FN4O3. The summed E-state index contributed by atoms with van der Waals surface area (Å²) < 4.78 is 13.3. The topological polar surface area (TPSA) is 97.5 Å². The molecule has 0 radical (unpaired) electrons. The Labute approximate surface area is 223 Å². The highest BCUT2D eigenvalue weighted by molar-refractivity contribution is 5.87. The van der Waals surface area contributed by atoms with Crippen LogP contribution in [-0.4, -0.2) is 59.7 Å². The molecule has 38 heavy (non-hydrogen) atoms. The summed E-state index contributed by atoms with van der Waals surface area (Å²) in [6, 6.07) is 13.7. The Morgan fingerprint density at radius 3 is 2.58 bits per heavy atom. The minimum absolute atomic E-state index is 0.0690. The van der Waals surface area contributed by atoms with Crippen molar-refractivity contribution in [2.75, 3.05) is 32.7 Å². The minimum atomic E-state index is -0.239. The zero-order chi connectivity index (χ0) is 26.7. The largest absolute Gasteiger partial charge is 0.506 e. The van der Waals surface area contributed by atoms with Gasteiger partial charge < -0.3 is 25.6 Å². The van der Waals surface area contributed by atoms with Gasteiger partial charge in [-0.25, -0.2) is 4.39 Å². The number of rotatable bonds is 13. The number of aromatic hydroxyl groups is 1. The molecule has 0 bridgehead atoms. The quantitative estimate of drug-likeness (QED) is 0.256. The number of hydrogen-bond donors (Lipinski definition) is 4. The van der Waals surface area contributed by atoms with Gasteiger partial charge in [-0.15, -0.1) is 0 Å². The van der Waals surface area contributed by atoms with E-state index in [0.29, 0.717) is 44.2 Å². The van der Waals surface area contributed by atoms with Crippen molar-refractivity contribution in [2.45, 2.75) is 57.4 Å². The normalized spacial score (nSPS) is 14.1. The first-order chi connectivity index (χ1) is 18.5. The first-order valence-corrected chi connectivity index (χ1v) is 13.8. The molecule has 3 aromatic rings. The number of H-pyrrole nitrogens is 1. The third kappa shape index (κ3) is 7.88. The number of nitrogens with zero attached hydrogens (tertiary/aromatic N) is 1. The van der Waals surface area contributed by atoms with E-state index in [1.807, 2.05) is 12.1 Å². The number of carbonyl (C=O) groups is 1. The van der Waals surface area contributed by atoms with E-state index in [1.165, 1.54) is 31.4 Å². The Morgan fingerprint density at radius 2 is 1.76 bits per heavy atom. The Bertz CT molecular complexity index is 1260. The van der Waals surface area contributed by atoms with Crippen molar-refractivity contribution < 1.29 is 14.3 Å². The fourth-order valence-electron chi connectivity index (χ4n) is 5.36. The molecule has 1 amide bonds. The number of aromatic nitrogens is 1. The second-order valence-electron chi connectivity index (χ2n) is 10.1. The van der Waals surface area contributed by atoms with Gasteiger partial charge in [-0.3, -0.25) is 9.59 Å². The van der Waals surface area contributed by atoms with Crippen molar-refractivity contribution in [1.29, 1.82) is 0 Å². The number of carbonyl (C=O) groups excluding carboxylic acids is 1. The molecule has 204 valence electrons. The number of aromatic amines is 1. The molecule has 4 rings (SSSR count). The highest BCUT2D eigenvalue weighted by Crippen LogP contribution is 2.25. The fourth-order valence-corrected chi connectivity index (χ4v) is 5.36. The second-order valence-corrected chi connectivity index (χ2v) is 10.1. The standard InChI is InChI=1S/C30H39FN4O3/c31-24-6-4-5-22(21-24)13-16-32-18-15-29(38)35(25-7-2-1-3-8-25)20-19-33-17-14-23-9-11-27(36)30-26(23)10-12-28(37)34-30/h4-6,9-12,21,25,32-33,36H,1-3,7-8,13-20H2,(H,34,37). The molecule has 8 heteroatoms. The van der Waals surface area contributed by atoms with Gasteiger partial charge in [-0.1, -0.05) is 37.5 Å². The van der Waals surface area contributed by atoms with E-state index in [0.717, 1.165) is 48.7 Å². The maximum atomic E-state index is 13.3. The summed E-state index contributed by atoms with van der Waals surface area (Å²) in [5.74, 6) is 0.0344. The number of pyridine rings is 1. The molecule has 4 N–H and O–H groups in total. The Hall–Kier alpha value is -3.23. The third-order valence-corrected chi connectivity index (χ3v) is 7.39. The molecule has 1 aromatic heterocycles. The lowest BCUT2D eigenvalue weighted by molar-refractivity contribution is -0.134. The van der Waals surface area contributed by atoms with Crippen molar-refractivity contribution in [3.05, 3.63) is 75.8 Å². The van der Waals surface area contributed by atoms with Crippen LogP contribution >= 0.6 is 0 Å². The van der Waals surface area contributed by atoms with Crippen LogP contribution in [0.3, 0.4) is 0 Å². The van der Waals surface area contributed by atoms with Gasteiger partial charge >= 0.3 is 0 Å². The maximum Gasteiger partial charge on any atom is 0.248 e. The van der Waals surface area contributed by atoms with Crippen LogP contribution in [0.15, 0.2) is 53.3 Å². The molecule has 7 nitrogen and oxygen atoms in total. The lowest BCUT2D eigenvalue weighted by atomic mass is 9.94. The highest BCUT2D eigenvalue weighted by Gasteiger charge is 2.24. The van der Waals surface area contributed by atoms with Crippen molar-refractivity contribution in [3.63, 3.8) is 0 Å². The lowest BCUT2D eigenvalue weighted by Gasteiger charge is -2.34. The maximum absolute atomic E-state index is 13.3. The van der Waals surface area contributed by atoms with Crippen LogP contribution in [0.1, 0.15) is 49.7 Å². The summed E-state index contributed by atoms with van der Waals surface area (Å²) in [5, 5.41) is 17.7. The molecule has 0 unspecified atom stereocenters. The summed E-state index contributed by atoms with van der Waals surface area (Å²) in [6.07, 6.45) is 7.64. The second kappa shape index (κ2) is 14.1. The third-order valence-electron chi connectivity index (χ3n) is 7.39. The van der Waals surface area contributed by atoms with E-state index in [1.54, 1.807) is 24.3 Å². The average Bonchev–Trinajstić information content (AvgIpc) is 2.92. The molecule has 1 aliphatic carbocycles. The predicted molar refractivity (Wildman–Crippen MR) is 149 cm³/mol. The van der Waals surface area contributed by atoms with Crippen LogP contribution in [0, 0.1) is 5.82 Å². The smallest absolute Gasteiger partial charge is 0.248 e. The Kier molecular flexibility index (Phi) is 10.3. The molecule has 0 aliphatic heterocycles. The first kappa shape index (κ1) is 27.8. The van der Waals surface area contributed by atoms with Gasteiger partial charge in [0, 0.05) is 43.5 Å². The SMILES string of the molecule is O=C(CCNCCc1cccc(F)c1)N(CCNCCc1ccc(O)c2[nH]c(=O)ccc12)C1CCCCC1. The van der Waals surface area contributed by atoms with Crippen LogP contribution in [0.4, 0.5) is 4.39 Å². The minimum Gasteiger partial charge on any atom is -0.506 e. The van der Waals surface area contributed by atoms with E-state index in [4.69, 9.17) is 0 Å². The number of phenols is 1. The molecule has 2 aromatic carbocycles. The zero-order valence-electron chi connectivity index (χ0n) is 22.0. The van der Waals surface area contributed by atoms with Crippen molar-refractivity contribution >= 4 is 16.8 Å². The van der Waals surface area contributed by atoms with E-state index >= 15 is 0 Å². The number of nitrogens with one attached hydrogen (secondary N) is 3. The van der Waals surface area contributed by atoms with Gasteiger partial charge in [0.2, 0.25) is 11.5 Å². The van der Waals surface area contributed by atoms with E-state index < -0.39 is 0 Å².